The Balaban J connectivity index is 1.99. The lowest BCUT2D eigenvalue weighted by Crippen LogP contribution is -2.34. The second-order valence-corrected chi connectivity index (χ2v) is 6.72. The van der Waals surface area contributed by atoms with Crippen LogP contribution in [0, 0.1) is 11.7 Å². The summed E-state index contributed by atoms with van der Waals surface area (Å²) in [5, 5.41) is 3.84. The second-order valence-electron chi connectivity index (χ2n) is 6.31. The summed E-state index contributed by atoms with van der Waals surface area (Å²) in [6.07, 6.45) is 9.78. The molecule has 0 aliphatic heterocycles. The molecule has 0 heterocycles. The van der Waals surface area contributed by atoms with Crippen LogP contribution in [0.15, 0.2) is 18.2 Å². The van der Waals surface area contributed by atoms with E-state index in [1.165, 1.54) is 32.1 Å². The SMILES string of the molecule is CCCNC(Cc1cccc(Cl)c1F)CC1CCCCC1. The van der Waals surface area contributed by atoms with E-state index in [-0.39, 0.29) is 10.8 Å². The van der Waals surface area contributed by atoms with Crippen LogP contribution in [0.4, 0.5) is 4.39 Å². The predicted molar refractivity (Wildman–Crippen MR) is 88.4 cm³/mol. The van der Waals surface area contributed by atoms with Gasteiger partial charge in [-0.05, 0) is 43.4 Å². The third kappa shape index (κ3) is 5.27. The fraction of sp³-hybridized carbons (Fsp3) is 0.667. The molecule has 21 heavy (non-hydrogen) atoms. The maximum atomic E-state index is 14.1. The zero-order valence-corrected chi connectivity index (χ0v) is 13.8. The largest absolute Gasteiger partial charge is 0.314 e. The smallest absolute Gasteiger partial charge is 0.145 e. The van der Waals surface area contributed by atoms with Gasteiger partial charge in [-0.1, -0.05) is 62.8 Å². The molecule has 0 spiro atoms. The standard InChI is InChI=1S/C18H27ClFN/c1-2-11-21-16(12-14-7-4-3-5-8-14)13-15-9-6-10-17(19)18(15)20/h6,9-10,14,16,21H,2-5,7-8,11-13H2,1H3. The Kier molecular flexibility index (Phi) is 6.98. The second kappa shape index (κ2) is 8.75. The van der Waals surface area contributed by atoms with Gasteiger partial charge in [0, 0.05) is 6.04 Å². The van der Waals surface area contributed by atoms with E-state index in [0.717, 1.165) is 37.3 Å². The van der Waals surface area contributed by atoms with Crippen molar-refractivity contribution in [1.82, 2.24) is 5.32 Å². The van der Waals surface area contributed by atoms with Gasteiger partial charge < -0.3 is 5.32 Å². The van der Waals surface area contributed by atoms with Crippen molar-refractivity contribution in [3.63, 3.8) is 0 Å². The van der Waals surface area contributed by atoms with Crippen LogP contribution in [0.3, 0.4) is 0 Å². The van der Waals surface area contributed by atoms with Gasteiger partial charge in [-0.15, -0.1) is 0 Å². The maximum absolute atomic E-state index is 14.1. The molecule has 1 atom stereocenters. The van der Waals surface area contributed by atoms with Crippen molar-refractivity contribution in [2.24, 2.45) is 5.92 Å². The van der Waals surface area contributed by atoms with Gasteiger partial charge in [0.05, 0.1) is 5.02 Å². The number of hydrogen-bond donors (Lipinski definition) is 1. The first-order chi connectivity index (χ1) is 10.2. The average Bonchev–Trinajstić information content (AvgIpc) is 2.50. The van der Waals surface area contributed by atoms with Crippen LogP contribution in [-0.2, 0) is 6.42 Å². The molecule has 3 heteroatoms. The van der Waals surface area contributed by atoms with Crippen LogP contribution in [0.25, 0.3) is 0 Å². The van der Waals surface area contributed by atoms with Gasteiger partial charge in [0.15, 0.2) is 0 Å². The zero-order valence-electron chi connectivity index (χ0n) is 13.0. The molecule has 1 aliphatic carbocycles. The normalized spacial score (nSPS) is 17.9. The highest BCUT2D eigenvalue weighted by atomic mass is 35.5. The molecule has 1 fully saturated rings. The summed E-state index contributed by atoms with van der Waals surface area (Å²) in [6, 6.07) is 5.69. The van der Waals surface area contributed by atoms with Crippen molar-refractivity contribution in [2.45, 2.75) is 64.3 Å². The summed E-state index contributed by atoms with van der Waals surface area (Å²) >= 11 is 5.90. The van der Waals surface area contributed by atoms with Gasteiger partial charge in [0.1, 0.15) is 5.82 Å². The molecule has 0 radical (unpaired) electrons. The van der Waals surface area contributed by atoms with Crippen LogP contribution in [-0.4, -0.2) is 12.6 Å². The van der Waals surface area contributed by atoms with Crippen LogP contribution < -0.4 is 5.32 Å². The van der Waals surface area contributed by atoms with Gasteiger partial charge in [-0.25, -0.2) is 4.39 Å². The monoisotopic (exact) mass is 311 g/mol. The average molecular weight is 312 g/mol. The molecule has 0 bridgehead atoms. The molecule has 0 amide bonds. The molecule has 1 N–H and O–H groups in total. The van der Waals surface area contributed by atoms with E-state index in [0.29, 0.717) is 6.04 Å². The predicted octanol–water partition coefficient (Wildman–Crippen LogP) is 5.36. The molecule has 1 aromatic rings. The van der Waals surface area contributed by atoms with Crippen LogP contribution in [0.5, 0.6) is 0 Å². The van der Waals surface area contributed by atoms with Crippen molar-refractivity contribution in [3.8, 4) is 0 Å². The Bertz CT molecular complexity index is 429. The molecule has 1 nitrogen and oxygen atoms in total. The molecule has 1 saturated carbocycles. The first-order valence-corrected chi connectivity index (χ1v) is 8.74. The van der Waals surface area contributed by atoms with E-state index in [1.807, 2.05) is 12.1 Å². The van der Waals surface area contributed by atoms with E-state index >= 15 is 0 Å². The minimum absolute atomic E-state index is 0.236. The molecule has 2 rings (SSSR count). The van der Waals surface area contributed by atoms with Crippen LogP contribution in [0.2, 0.25) is 5.02 Å². The van der Waals surface area contributed by atoms with Crippen molar-refractivity contribution >= 4 is 11.6 Å². The number of nitrogens with one attached hydrogen (secondary N) is 1. The van der Waals surface area contributed by atoms with Crippen molar-refractivity contribution in [3.05, 3.63) is 34.6 Å². The molecule has 0 saturated heterocycles. The van der Waals surface area contributed by atoms with Crippen molar-refractivity contribution < 1.29 is 4.39 Å². The van der Waals surface area contributed by atoms with Crippen molar-refractivity contribution in [1.29, 1.82) is 0 Å². The minimum Gasteiger partial charge on any atom is -0.314 e. The molecule has 118 valence electrons. The Hall–Kier alpha value is -0.600. The van der Waals surface area contributed by atoms with E-state index in [1.54, 1.807) is 6.07 Å². The Morgan fingerprint density at radius 1 is 1.29 bits per heavy atom. The summed E-state index contributed by atoms with van der Waals surface area (Å²) in [5.74, 6) is 0.557. The van der Waals surface area contributed by atoms with E-state index < -0.39 is 0 Å². The number of hydrogen-bond acceptors (Lipinski definition) is 1. The third-order valence-corrected chi connectivity index (χ3v) is 4.82. The molecule has 1 unspecified atom stereocenters. The fourth-order valence-corrected chi connectivity index (χ4v) is 3.58. The van der Waals surface area contributed by atoms with E-state index in [4.69, 9.17) is 11.6 Å². The zero-order chi connectivity index (χ0) is 15.1. The summed E-state index contributed by atoms with van der Waals surface area (Å²) in [5.41, 5.74) is 0.743. The summed E-state index contributed by atoms with van der Waals surface area (Å²) < 4.78 is 14.1. The highest BCUT2D eigenvalue weighted by molar-refractivity contribution is 6.30. The van der Waals surface area contributed by atoms with Gasteiger partial charge in [-0.2, -0.15) is 0 Å². The van der Waals surface area contributed by atoms with Gasteiger partial charge in [0.2, 0.25) is 0 Å². The quantitative estimate of drug-likeness (QED) is 0.714. The minimum atomic E-state index is -0.244. The van der Waals surface area contributed by atoms with E-state index in [9.17, 15) is 4.39 Å². The van der Waals surface area contributed by atoms with Crippen LogP contribution >= 0.6 is 11.6 Å². The fourth-order valence-electron chi connectivity index (χ4n) is 3.38. The highest BCUT2D eigenvalue weighted by Gasteiger charge is 2.20. The summed E-state index contributed by atoms with van der Waals surface area (Å²) in [7, 11) is 0. The van der Waals surface area contributed by atoms with Crippen molar-refractivity contribution in [2.75, 3.05) is 6.54 Å². The highest BCUT2D eigenvalue weighted by Crippen LogP contribution is 2.29. The number of rotatable bonds is 7. The van der Waals surface area contributed by atoms with Crippen LogP contribution in [0.1, 0.15) is 57.4 Å². The van der Waals surface area contributed by atoms with E-state index in [2.05, 4.69) is 12.2 Å². The number of halogens is 2. The lowest BCUT2D eigenvalue weighted by molar-refractivity contribution is 0.296. The van der Waals surface area contributed by atoms with Gasteiger partial charge in [0.25, 0.3) is 0 Å². The molecule has 1 aliphatic rings. The summed E-state index contributed by atoms with van der Waals surface area (Å²) in [6.45, 7) is 3.17. The molecule has 0 aromatic heterocycles. The summed E-state index contributed by atoms with van der Waals surface area (Å²) in [4.78, 5) is 0. The molecular formula is C18H27ClFN. The lowest BCUT2D eigenvalue weighted by atomic mass is 9.83. The molecular weight excluding hydrogens is 285 g/mol. The third-order valence-electron chi connectivity index (χ3n) is 4.52. The maximum Gasteiger partial charge on any atom is 0.145 e. The first-order valence-electron chi connectivity index (χ1n) is 8.37. The van der Waals surface area contributed by atoms with Gasteiger partial charge >= 0.3 is 0 Å². The Morgan fingerprint density at radius 3 is 2.76 bits per heavy atom. The Labute approximate surface area is 133 Å². The van der Waals surface area contributed by atoms with Gasteiger partial charge in [-0.3, -0.25) is 0 Å². The topological polar surface area (TPSA) is 12.0 Å². The molecule has 1 aromatic carbocycles. The lowest BCUT2D eigenvalue weighted by Gasteiger charge is -2.27. The Morgan fingerprint density at radius 2 is 2.05 bits per heavy atom. The first kappa shape index (κ1) is 16.8. The number of benzene rings is 1.